The lowest BCUT2D eigenvalue weighted by molar-refractivity contribution is 0.563. The van der Waals surface area contributed by atoms with E-state index in [2.05, 4.69) is 60.4 Å². The van der Waals surface area contributed by atoms with Crippen molar-refractivity contribution < 1.29 is 0 Å². The molecule has 1 N–H and O–H groups in total. The number of anilines is 1. The molecule has 3 heterocycles. The topological polar surface area (TPSA) is 28.2 Å². The molecule has 1 aromatic heterocycles. The van der Waals surface area contributed by atoms with E-state index in [9.17, 15) is 0 Å². The van der Waals surface area contributed by atoms with Gasteiger partial charge in [0.05, 0.1) is 5.69 Å². The van der Waals surface area contributed by atoms with Crippen molar-refractivity contribution in [2.45, 2.75) is 32.4 Å². The molecule has 2 aliphatic rings. The molecule has 0 saturated carbocycles. The minimum atomic E-state index is 0.239. The van der Waals surface area contributed by atoms with Crippen molar-refractivity contribution in [3.8, 4) is 11.1 Å². The van der Waals surface area contributed by atoms with E-state index in [-0.39, 0.29) is 5.41 Å². The Hall–Kier alpha value is -1.87. The molecule has 21 heavy (non-hydrogen) atoms. The second kappa shape index (κ2) is 4.31. The third kappa shape index (κ3) is 1.95. The highest BCUT2D eigenvalue weighted by molar-refractivity contribution is 5.73. The van der Waals surface area contributed by atoms with Crippen molar-refractivity contribution in [3.63, 3.8) is 0 Å². The van der Waals surface area contributed by atoms with Crippen LogP contribution in [0.1, 0.15) is 30.7 Å². The summed E-state index contributed by atoms with van der Waals surface area (Å²) in [5.74, 6) is 0. The maximum atomic E-state index is 4.60. The predicted molar refractivity (Wildman–Crippen MR) is 86.5 cm³/mol. The Morgan fingerprint density at radius 1 is 1.14 bits per heavy atom. The van der Waals surface area contributed by atoms with Crippen LogP contribution in [0.5, 0.6) is 0 Å². The molecule has 0 fully saturated rings. The summed E-state index contributed by atoms with van der Waals surface area (Å²) < 4.78 is 0. The van der Waals surface area contributed by atoms with E-state index in [0.717, 1.165) is 19.6 Å². The second-order valence-electron chi connectivity index (χ2n) is 6.91. The highest BCUT2D eigenvalue weighted by atomic mass is 15.1. The third-order valence-corrected chi connectivity index (χ3v) is 4.77. The number of pyridine rings is 1. The molecule has 0 spiro atoms. The van der Waals surface area contributed by atoms with Gasteiger partial charge in [0, 0.05) is 49.5 Å². The smallest absolute Gasteiger partial charge is 0.0587 e. The van der Waals surface area contributed by atoms with E-state index in [1.807, 2.05) is 6.20 Å². The monoisotopic (exact) mass is 279 g/mol. The first kappa shape index (κ1) is 12.8. The van der Waals surface area contributed by atoms with Gasteiger partial charge < -0.3 is 10.2 Å². The van der Waals surface area contributed by atoms with Gasteiger partial charge in [-0.1, -0.05) is 26.0 Å². The van der Waals surface area contributed by atoms with E-state index in [0.29, 0.717) is 0 Å². The summed E-state index contributed by atoms with van der Waals surface area (Å²) in [6.07, 6.45) is 2.01. The van der Waals surface area contributed by atoms with Gasteiger partial charge >= 0.3 is 0 Å². The van der Waals surface area contributed by atoms with Crippen molar-refractivity contribution in [1.82, 2.24) is 10.3 Å². The second-order valence-corrected chi connectivity index (χ2v) is 6.91. The van der Waals surface area contributed by atoms with E-state index < -0.39 is 0 Å². The van der Waals surface area contributed by atoms with E-state index in [1.54, 1.807) is 0 Å². The van der Waals surface area contributed by atoms with Crippen LogP contribution in [0.15, 0.2) is 30.5 Å². The van der Waals surface area contributed by atoms with Crippen LogP contribution in [0, 0.1) is 0 Å². The quantitative estimate of drug-likeness (QED) is 0.869. The third-order valence-electron chi connectivity index (χ3n) is 4.77. The molecule has 0 bridgehead atoms. The van der Waals surface area contributed by atoms with Gasteiger partial charge in [0.25, 0.3) is 0 Å². The lowest BCUT2D eigenvalue weighted by Gasteiger charge is -2.18. The molecule has 1 aromatic carbocycles. The van der Waals surface area contributed by atoms with Crippen LogP contribution in [0.2, 0.25) is 0 Å². The van der Waals surface area contributed by atoms with Crippen LogP contribution in [0.4, 0.5) is 5.69 Å². The van der Waals surface area contributed by atoms with Crippen molar-refractivity contribution in [3.05, 3.63) is 47.3 Å². The lowest BCUT2D eigenvalue weighted by atomic mass is 9.86. The molecular weight excluding hydrogens is 258 g/mol. The average molecular weight is 279 g/mol. The Bertz CT molecular complexity index is 718. The molecule has 3 heteroatoms. The van der Waals surface area contributed by atoms with Gasteiger partial charge in [-0.25, -0.2) is 0 Å². The molecule has 2 aromatic rings. The van der Waals surface area contributed by atoms with Crippen LogP contribution in [0.3, 0.4) is 0 Å². The predicted octanol–water partition coefficient (Wildman–Crippen LogP) is 3.08. The molecule has 2 aliphatic heterocycles. The first-order valence-corrected chi connectivity index (χ1v) is 7.59. The van der Waals surface area contributed by atoms with E-state index >= 15 is 0 Å². The maximum absolute atomic E-state index is 4.60. The number of rotatable bonds is 1. The Kier molecular flexibility index (Phi) is 2.64. The molecular formula is C18H21N3. The lowest BCUT2D eigenvalue weighted by Crippen LogP contribution is -2.24. The molecule has 4 rings (SSSR count). The zero-order chi connectivity index (χ0) is 14.6. The van der Waals surface area contributed by atoms with Gasteiger partial charge in [-0.15, -0.1) is 0 Å². The zero-order valence-electron chi connectivity index (χ0n) is 12.9. The van der Waals surface area contributed by atoms with Gasteiger partial charge in [-0.05, 0) is 28.8 Å². The number of nitrogens with zero attached hydrogens (tertiary/aromatic N) is 2. The van der Waals surface area contributed by atoms with Crippen molar-refractivity contribution in [2.24, 2.45) is 0 Å². The Balaban J connectivity index is 1.79. The number of benzene rings is 1. The molecule has 3 nitrogen and oxygen atoms in total. The number of likely N-dealkylation sites (N-methyl/N-ethyl adjacent to an activating group) is 1. The summed E-state index contributed by atoms with van der Waals surface area (Å²) >= 11 is 0. The molecule has 108 valence electrons. The maximum Gasteiger partial charge on any atom is 0.0587 e. The average Bonchev–Trinajstić information content (AvgIpc) is 3.01. The number of aromatic nitrogens is 1. The molecule has 0 atom stereocenters. The van der Waals surface area contributed by atoms with E-state index in [1.165, 1.54) is 33.6 Å². The fraction of sp³-hybridized carbons (Fsp3) is 0.389. The van der Waals surface area contributed by atoms with Gasteiger partial charge in [0.2, 0.25) is 0 Å². The summed E-state index contributed by atoms with van der Waals surface area (Å²) in [6.45, 7) is 7.55. The minimum Gasteiger partial charge on any atom is -0.373 e. The van der Waals surface area contributed by atoms with Gasteiger partial charge in [0.15, 0.2) is 0 Å². The standard InChI is InChI=1S/C18H21N3/c1-18(2)11-21(3)17-7-12(4-5-15(17)18)13-6-14-8-19-10-16(14)20-9-13/h4-7,9,19H,8,10-11H2,1-3H3. The first-order valence-electron chi connectivity index (χ1n) is 7.59. The van der Waals surface area contributed by atoms with E-state index in [4.69, 9.17) is 0 Å². The summed E-state index contributed by atoms with van der Waals surface area (Å²) in [5, 5.41) is 3.36. The number of hydrogen-bond acceptors (Lipinski definition) is 3. The zero-order valence-corrected chi connectivity index (χ0v) is 12.9. The van der Waals surface area contributed by atoms with Crippen molar-refractivity contribution in [2.75, 3.05) is 18.5 Å². The summed E-state index contributed by atoms with van der Waals surface area (Å²) in [6, 6.07) is 9.13. The number of nitrogens with one attached hydrogen (secondary N) is 1. The van der Waals surface area contributed by atoms with Crippen LogP contribution >= 0.6 is 0 Å². The van der Waals surface area contributed by atoms with Gasteiger partial charge in [-0.2, -0.15) is 0 Å². The fourth-order valence-corrected chi connectivity index (χ4v) is 3.69. The highest BCUT2D eigenvalue weighted by Crippen LogP contribution is 2.41. The SMILES string of the molecule is CN1CC(C)(C)c2ccc(-c3cnc4c(c3)CNC4)cc21. The molecule has 0 amide bonds. The molecule has 0 unspecified atom stereocenters. The van der Waals surface area contributed by atoms with Crippen LogP contribution in [-0.2, 0) is 18.5 Å². The van der Waals surface area contributed by atoms with Crippen LogP contribution in [-0.4, -0.2) is 18.6 Å². The Morgan fingerprint density at radius 2 is 2.00 bits per heavy atom. The molecule has 0 saturated heterocycles. The normalized spacial score (nSPS) is 18.7. The van der Waals surface area contributed by atoms with Crippen molar-refractivity contribution in [1.29, 1.82) is 0 Å². The molecule has 0 aliphatic carbocycles. The van der Waals surface area contributed by atoms with Gasteiger partial charge in [-0.3, -0.25) is 4.98 Å². The van der Waals surface area contributed by atoms with Crippen LogP contribution < -0.4 is 10.2 Å². The largest absolute Gasteiger partial charge is 0.373 e. The van der Waals surface area contributed by atoms with Gasteiger partial charge in [0.1, 0.15) is 0 Å². The van der Waals surface area contributed by atoms with Crippen molar-refractivity contribution >= 4 is 5.69 Å². The van der Waals surface area contributed by atoms with Crippen LogP contribution in [0.25, 0.3) is 11.1 Å². The Morgan fingerprint density at radius 3 is 2.86 bits per heavy atom. The first-order chi connectivity index (χ1) is 10.0. The Labute approximate surface area is 126 Å². The number of fused-ring (bicyclic) bond motifs is 2. The molecule has 0 radical (unpaired) electrons. The summed E-state index contributed by atoms with van der Waals surface area (Å²) in [7, 11) is 2.18. The fourth-order valence-electron chi connectivity index (χ4n) is 3.69. The summed E-state index contributed by atoms with van der Waals surface area (Å²) in [5.41, 5.74) is 8.06. The minimum absolute atomic E-state index is 0.239. The highest BCUT2D eigenvalue weighted by Gasteiger charge is 2.33. The summed E-state index contributed by atoms with van der Waals surface area (Å²) in [4.78, 5) is 6.96. The number of hydrogen-bond donors (Lipinski definition) is 1.